The zero-order chi connectivity index (χ0) is 15.8. The summed E-state index contributed by atoms with van der Waals surface area (Å²) in [6, 6.07) is 2.49. The number of ether oxygens (including phenoxy) is 1. The molecule has 0 spiro atoms. The highest BCUT2D eigenvalue weighted by molar-refractivity contribution is 5.40. The SMILES string of the molecule is CCO[C@H]1C[C@H](N(C)c2ccc(C(F)(F)F)nn2)C1(C)C. The van der Waals surface area contributed by atoms with E-state index < -0.39 is 11.9 Å². The predicted molar refractivity (Wildman–Crippen MR) is 73.0 cm³/mol. The van der Waals surface area contributed by atoms with Crippen LogP contribution in [0.3, 0.4) is 0 Å². The molecule has 2 rings (SSSR count). The molecule has 0 bridgehead atoms. The van der Waals surface area contributed by atoms with E-state index in [1.807, 2.05) is 18.9 Å². The van der Waals surface area contributed by atoms with E-state index in [0.29, 0.717) is 12.4 Å². The number of hydrogen-bond acceptors (Lipinski definition) is 4. The molecule has 2 atom stereocenters. The van der Waals surface area contributed by atoms with Gasteiger partial charge in [0.05, 0.1) is 6.10 Å². The third-order valence-electron chi connectivity index (χ3n) is 4.26. The van der Waals surface area contributed by atoms with Gasteiger partial charge in [0.1, 0.15) is 0 Å². The van der Waals surface area contributed by atoms with Gasteiger partial charge in [-0.2, -0.15) is 13.2 Å². The van der Waals surface area contributed by atoms with Gasteiger partial charge in [0.15, 0.2) is 11.5 Å². The Kier molecular flexibility index (Phi) is 4.15. The predicted octanol–water partition coefficient (Wildman–Crippen LogP) is 3.14. The minimum Gasteiger partial charge on any atom is -0.378 e. The molecule has 0 amide bonds. The van der Waals surface area contributed by atoms with Gasteiger partial charge in [-0.25, -0.2) is 0 Å². The standard InChI is InChI=1S/C14H20F3N3O/c1-5-21-11-8-10(13(11,2)3)20(4)12-7-6-9(18-19-12)14(15,16)17/h6-7,10-11H,5,8H2,1-4H3/t10-,11-/m0/s1. The second-order valence-corrected chi connectivity index (χ2v) is 5.90. The number of hydrogen-bond donors (Lipinski definition) is 0. The number of nitrogens with zero attached hydrogens (tertiary/aromatic N) is 3. The summed E-state index contributed by atoms with van der Waals surface area (Å²) in [5, 5.41) is 6.97. The fourth-order valence-electron chi connectivity index (χ4n) is 2.83. The highest BCUT2D eigenvalue weighted by Gasteiger charge is 2.51. The molecular weight excluding hydrogens is 283 g/mol. The Morgan fingerprint density at radius 1 is 1.33 bits per heavy atom. The Morgan fingerprint density at radius 2 is 2.00 bits per heavy atom. The lowest BCUT2D eigenvalue weighted by atomic mass is 9.64. The molecule has 1 fully saturated rings. The van der Waals surface area contributed by atoms with Crippen molar-refractivity contribution in [1.82, 2.24) is 10.2 Å². The van der Waals surface area contributed by atoms with Crippen LogP contribution in [0.5, 0.6) is 0 Å². The van der Waals surface area contributed by atoms with Gasteiger partial charge >= 0.3 is 6.18 Å². The molecule has 1 aliphatic carbocycles. The van der Waals surface area contributed by atoms with Gasteiger partial charge in [-0.3, -0.25) is 0 Å². The van der Waals surface area contributed by atoms with Gasteiger partial charge in [0.25, 0.3) is 0 Å². The van der Waals surface area contributed by atoms with Crippen LogP contribution in [-0.4, -0.2) is 36.0 Å². The topological polar surface area (TPSA) is 38.2 Å². The number of alkyl halides is 3. The first-order valence-corrected chi connectivity index (χ1v) is 6.93. The van der Waals surface area contributed by atoms with E-state index >= 15 is 0 Å². The summed E-state index contributed by atoms with van der Waals surface area (Å²) in [7, 11) is 1.83. The molecule has 0 radical (unpaired) electrons. The maximum absolute atomic E-state index is 12.5. The molecule has 1 aromatic heterocycles. The minimum atomic E-state index is -4.46. The fourth-order valence-corrected chi connectivity index (χ4v) is 2.83. The van der Waals surface area contributed by atoms with Gasteiger partial charge in [0, 0.05) is 25.1 Å². The second kappa shape index (κ2) is 5.44. The fraction of sp³-hybridized carbons (Fsp3) is 0.714. The summed E-state index contributed by atoms with van der Waals surface area (Å²) in [6.45, 7) is 6.80. The van der Waals surface area contributed by atoms with Crippen LogP contribution < -0.4 is 4.90 Å². The average molecular weight is 303 g/mol. The third kappa shape index (κ3) is 2.97. The third-order valence-corrected chi connectivity index (χ3v) is 4.26. The van der Waals surface area contributed by atoms with Crippen LogP contribution in [0.2, 0.25) is 0 Å². The van der Waals surface area contributed by atoms with Gasteiger partial charge in [-0.15, -0.1) is 10.2 Å². The zero-order valence-electron chi connectivity index (χ0n) is 12.6. The molecule has 0 aromatic carbocycles. The maximum Gasteiger partial charge on any atom is 0.435 e. The molecule has 1 saturated carbocycles. The average Bonchev–Trinajstić information content (AvgIpc) is 2.41. The van der Waals surface area contributed by atoms with E-state index in [1.165, 1.54) is 6.07 Å². The molecule has 1 aliphatic rings. The maximum atomic E-state index is 12.5. The Bertz CT molecular complexity index is 487. The summed E-state index contributed by atoms with van der Waals surface area (Å²) in [6.07, 6.45) is -3.46. The van der Waals surface area contributed by atoms with Gasteiger partial charge < -0.3 is 9.64 Å². The molecule has 0 aliphatic heterocycles. The monoisotopic (exact) mass is 303 g/mol. The van der Waals surface area contributed by atoms with Crippen molar-refractivity contribution in [2.24, 2.45) is 5.41 Å². The Balaban J connectivity index is 2.09. The number of rotatable bonds is 4. The van der Waals surface area contributed by atoms with Crippen LogP contribution in [0.1, 0.15) is 32.9 Å². The van der Waals surface area contributed by atoms with Crippen LogP contribution in [0.15, 0.2) is 12.1 Å². The molecule has 4 nitrogen and oxygen atoms in total. The summed E-state index contributed by atoms with van der Waals surface area (Å²) in [4.78, 5) is 1.88. The van der Waals surface area contributed by atoms with Gasteiger partial charge in [0.2, 0.25) is 0 Å². The van der Waals surface area contributed by atoms with Crippen LogP contribution in [0.25, 0.3) is 0 Å². The largest absolute Gasteiger partial charge is 0.435 e. The normalized spacial score (nSPS) is 24.5. The van der Waals surface area contributed by atoms with Crippen molar-refractivity contribution in [2.45, 2.75) is 45.5 Å². The van der Waals surface area contributed by atoms with Crippen molar-refractivity contribution in [3.05, 3.63) is 17.8 Å². The molecule has 0 N–H and O–H groups in total. The highest BCUT2D eigenvalue weighted by Crippen LogP contribution is 2.46. The molecule has 0 unspecified atom stereocenters. The van der Waals surface area contributed by atoms with Crippen molar-refractivity contribution in [3.8, 4) is 0 Å². The summed E-state index contributed by atoms with van der Waals surface area (Å²) < 4.78 is 43.1. The second-order valence-electron chi connectivity index (χ2n) is 5.90. The lowest BCUT2D eigenvalue weighted by Gasteiger charge is -2.55. The van der Waals surface area contributed by atoms with Crippen LogP contribution >= 0.6 is 0 Å². The quantitative estimate of drug-likeness (QED) is 0.856. The first kappa shape index (κ1) is 16.0. The Morgan fingerprint density at radius 3 is 2.43 bits per heavy atom. The Labute approximate surface area is 122 Å². The van der Waals surface area contributed by atoms with Crippen LogP contribution in [-0.2, 0) is 10.9 Å². The van der Waals surface area contributed by atoms with Crippen molar-refractivity contribution in [2.75, 3.05) is 18.6 Å². The van der Waals surface area contributed by atoms with Crippen molar-refractivity contribution < 1.29 is 17.9 Å². The van der Waals surface area contributed by atoms with Crippen molar-refractivity contribution in [3.63, 3.8) is 0 Å². The molecule has 7 heteroatoms. The smallest absolute Gasteiger partial charge is 0.378 e. The summed E-state index contributed by atoms with van der Waals surface area (Å²) in [5.41, 5.74) is -1.05. The van der Waals surface area contributed by atoms with E-state index in [2.05, 4.69) is 24.0 Å². The van der Waals surface area contributed by atoms with E-state index in [1.54, 1.807) is 0 Å². The molecular formula is C14H20F3N3O. The minimum absolute atomic E-state index is 0.0743. The van der Waals surface area contributed by atoms with Gasteiger partial charge in [-0.1, -0.05) is 13.8 Å². The number of halogens is 3. The van der Waals surface area contributed by atoms with E-state index in [9.17, 15) is 13.2 Å². The molecule has 21 heavy (non-hydrogen) atoms. The molecule has 1 aromatic rings. The number of anilines is 1. The van der Waals surface area contributed by atoms with Crippen LogP contribution in [0, 0.1) is 5.41 Å². The first-order valence-electron chi connectivity index (χ1n) is 6.93. The van der Waals surface area contributed by atoms with Crippen LogP contribution in [0.4, 0.5) is 19.0 Å². The molecule has 0 saturated heterocycles. The first-order chi connectivity index (χ1) is 9.67. The van der Waals surface area contributed by atoms with E-state index in [4.69, 9.17) is 4.74 Å². The summed E-state index contributed by atoms with van der Waals surface area (Å²) in [5.74, 6) is 0.441. The highest BCUT2D eigenvalue weighted by atomic mass is 19.4. The number of aromatic nitrogens is 2. The zero-order valence-corrected chi connectivity index (χ0v) is 12.6. The lowest BCUT2D eigenvalue weighted by molar-refractivity contribution is -0.141. The Hall–Kier alpha value is -1.37. The van der Waals surface area contributed by atoms with E-state index in [0.717, 1.165) is 12.5 Å². The molecule has 1 heterocycles. The molecule has 118 valence electrons. The van der Waals surface area contributed by atoms with Crippen molar-refractivity contribution >= 4 is 5.82 Å². The summed E-state index contributed by atoms with van der Waals surface area (Å²) >= 11 is 0. The van der Waals surface area contributed by atoms with Gasteiger partial charge in [-0.05, 0) is 25.5 Å². The van der Waals surface area contributed by atoms with E-state index in [-0.39, 0.29) is 17.6 Å². The lowest BCUT2D eigenvalue weighted by Crippen LogP contribution is -2.61. The van der Waals surface area contributed by atoms with Crippen molar-refractivity contribution in [1.29, 1.82) is 0 Å².